The number of rotatable bonds is 12. The highest BCUT2D eigenvalue weighted by Gasteiger charge is 2.50. The largest absolute Gasteiger partial charge is 0.464 e. The Hall–Kier alpha value is -6.31. The van der Waals surface area contributed by atoms with Crippen molar-refractivity contribution in [3.63, 3.8) is 0 Å². The van der Waals surface area contributed by atoms with Crippen LogP contribution in [0.1, 0.15) is 95.7 Å². The van der Waals surface area contributed by atoms with Gasteiger partial charge in [0.2, 0.25) is 17.5 Å². The number of methoxy groups -OCH3 is 1. The molecule has 75 heavy (non-hydrogen) atoms. The number of likely N-dealkylation sites (N-methyl/N-ethyl adjacent to an activating group) is 1. The van der Waals surface area contributed by atoms with Crippen molar-refractivity contribution in [1.29, 1.82) is 0 Å². The molecule has 16 nitrogen and oxygen atoms in total. The van der Waals surface area contributed by atoms with Gasteiger partial charge in [0.1, 0.15) is 18.1 Å². The number of ether oxygens (including phenoxy) is 2. The highest BCUT2D eigenvalue weighted by molar-refractivity contribution is 5.97. The summed E-state index contributed by atoms with van der Waals surface area (Å²) >= 11 is 0. The van der Waals surface area contributed by atoms with Crippen LogP contribution in [0.2, 0.25) is 0 Å². The lowest BCUT2D eigenvalue weighted by molar-refractivity contribution is -0.155. The lowest BCUT2D eigenvalue weighted by Gasteiger charge is -2.37. The molecule has 0 spiro atoms. The molecule has 6 heterocycles. The Morgan fingerprint density at radius 1 is 1.04 bits per heavy atom. The molecule has 1 unspecified atom stereocenters. The Bertz CT molecular complexity index is 2830. The van der Waals surface area contributed by atoms with Crippen molar-refractivity contribution in [2.24, 2.45) is 11.3 Å². The monoisotopic (exact) mass is 1040 g/mol. The summed E-state index contributed by atoms with van der Waals surface area (Å²) in [6, 6.07) is 8.92. The molecule has 0 radical (unpaired) electrons. The highest BCUT2D eigenvalue weighted by Crippen LogP contribution is 2.43. The number of nitrogens with one attached hydrogen (secondary N) is 3. The maximum absolute atomic E-state index is 16.4. The Morgan fingerprint density at radius 3 is 2.47 bits per heavy atom. The minimum absolute atomic E-state index is 0.0142. The SMILES string of the molecule is C=CC(=O)N1CC[C@](F)(C(=O)N(C)C(C(=O)N[C@H]2Cc3cc(cc(C(F)F)c3)-c3ccc4c(c3)c(c(-c3cc(N5CCNCC5)cnc3[C@H](C)OC)n4CC)CC(C)(C)COC(=O)[C@@H]3CCCN(N3)C2=O)C(C)C)C1. The topological polar surface area (TPSA) is 171 Å². The number of nitrogens with zero attached hydrogens (tertiary/aromatic N) is 6. The summed E-state index contributed by atoms with van der Waals surface area (Å²) in [5.41, 5.74) is 6.39. The normalized spacial score (nSPS) is 22.2. The number of amides is 4. The number of likely N-dealkylation sites (tertiary alicyclic amines) is 1. The number of piperazine rings is 1. The van der Waals surface area contributed by atoms with Crippen LogP contribution >= 0.6 is 0 Å². The zero-order valence-electron chi connectivity index (χ0n) is 44.4. The van der Waals surface area contributed by atoms with Crippen LogP contribution < -0.4 is 21.0 Å². The van der Waals surface area contributed by atoms with Crippen molar-refractivity contribution in [3.05, 3.63) is 83.7 Å². The van der Waals surface area contributed by atoms with Gasteiger partial charge >= 0.3 is 5.97 Å². The molecule has 0 saturated carbocycles. The van der Waals surface area contributed by atoms with Crippen LogP contribution in [0.25, 0.3) is 33.3 Å². The van der Waals surface area contributed by atoms with E-state index in [4.69, 9.17) is 14.5 Å². The number of carbonyl (C=O) groups is 5. The van der Waals surface area contributed by atoms with Gasteiger partial charge in [-0.2, -0.15) is 0 Å². The van der Waals surface area contributed by atoms with Crippen LogP contribution in [0.15, 0.2) is 61.3 Å². The third kappa shape index (κ3) is 11.5. The van der Waals surface area contributed by atoms with Crippen molar-refractivity contribution >= 4 is 46.2 Å². The van der Waals surface area contributed by atoms with Gasteiger partial charge in [-0.25, -0.2) is 18.6 Å². The number of cyclic esters (lactones) is 1. The van der Waals surface area contributed by atoms with Crippen LogP contribution in [0.3, 0.4) is 0 Å². The number of hydrazine groups is 1. The van der Waals surface area contributed by atoms with Crippen LogP contribution in [0.4, 0.5) is 18.9 Å². The molecule has 4 aromatic rings. The van der Waals surface area contributed by atoms with Crippen LogP contribution in [0.5, 0.6) is 0 Å². The van der Waals surface area contributed by atoms with Crippen LogP contribution in [-0.4, -0.2) is 144 Å². The lowest BCUT2D eigenvalue weighted by atomic mass is 9.84. The zero-order valence-corrected chi connectivity index (χ0v) is 44.4. The highest BCUT2D eigenvalue weighted by atomic mass is 19.3. The molecule has 3 N–H and O–H groups in total. The van der Waals surface area contributed by atoms with Gasteiger partial charge in [0.25, 0.3) is 18.2 Å². The summed E-state index contributed by atoms with van der Waals surface area (Å²) in [7, 11) is 2.96. The molecule has 4 amide bonds. The molecular formula is C56H72F3N9O7. The van der Waals surface area contributed by atoms with Crippen molar-refractivity contribution in [2.45, 2.75) is 117 Å². The van der Waals surface area contributed by atoms with Crippen molar-refractivity contribution in [3.8, 4) is 22.4 Å². The summed E-state index contributed by atoms with van der Waals surface area (Å²) in [5, 5.41) is 8.38. The van der Waals surface area contributed by atoms with Gasteiger partial charge in [-0.05, 0) is 91.6 Å². The second-order valence-corrected chi connectivity index (χ2v) is 21.6. The number of aryl methyl sites for hydroxylation is 1. The summed E-state index contributed by atoms with van der Waals surface area (Å²) in [5.74, 6) is -4.14. The van der Waals surface area contributed by atoms with Gasteiger partial charge in [-0.1, -0.05) is 52.5 Å². The Balaban J connectivity index is 1.25. The minimum Gasteiger partial charge on any atom is -0.464 e. The van der Waals surface area contributed by atoms with E-state index in [1.165, 1.54) is 29.1 Å². The third-order valence-corrected chi connectivity index (χ3v) is 15.2. The Morgan fingerprint density at radius 2 is 1.79 bits per heavy atom. The number of anilines is 1. The number of carbonyl (C=O) groups excluding carboxylic acids is 5. The predicted octanol–water partition coefficient (Wildman–Crippen LogP) is 6.70. The van der Waals surface area contributed by atoms with Crippen molar-refractivity contribution in [1.82, 2.24) is 40.4 Å². The van der Waals surface area contributed by atoms with Crippen LogP contribution in [0, 0.1) is 11.3 Å². The van der Waals surface area contributed by atoms with Crippen LogP contribution in [-0.2, 0) is 52.8 Å². The fraction of sp³-hybridized carbons (Fsp3) is 0.536. The van der Waals surface area contributed by atoms with Gasteiger partial charge in [-0.3, -0.25) is 34.0 Å². The fourth-order valence-electron chi connectivity index (χ4n) is 11.3. The first-order valence-corrected chi connectivity index (χ1v) is 26.2. The van der Waals surface area contributed by atoms with E-state index in [0.717, 1.165) is 76.3 Å². The number of benzene rings is 2. The van der Waals surface area contributed by atoms with Gasteiger partial charge < -0.3 is 39.4 Å². The first-order valence-electron chi connectivity index (χ1n) is 26.2. The van der Waals surface area contributed by atoms with Crippen molar-refractivity contribution in [2.75, 3.05) is 71.5 Å². The molecule has 2 aromatic heterocycles. The average Bonchev–Trinajstić information content (AvgIpc) is 3.96. The predicted molar refractivity (Wildman–Crippen MR) is 280 cm³/mol. The maximum Gasteiger partial charge on any atom is 0.324 e. The van der Waals surface area contributed by atoms with Gasteiger partial charge in [0, 0.05) is 100 Å². The van der Waals surface area contributed by atoms with E-state index in [-0.39, 0.29) is 44.2 Å². The molecule has 4 aliphatic rings. The smallest absolute Gasteiger partial charge is 0.324 e. The minimum atomic E-state index is -2.91. The summed E-state index contributed by atoms with van der Waals surface area (Å²) in [6.45, 7) is 18.4. The molecule has 4 aliphatic heterocycles. The lowest BCUT2D eigenvalue weighted by Crippen LogP contribution is -2.62. The quantitative estimate of drug-likeness (QED) is 0.102. The molecule has 19 heteroatoms. The van der Waals surface area contributed by atoms with Gasteiger partial charge in [0.05, 0.1) is 42.5 Å². The van der Waals surface area contributed by atoms with E-state index in [0.29, 0.717) is 42.5 Å². The first-order chi connectivity index (χ1) is 35.7. The number of aromatic nitrogens is 2. The number of fused-ring (bicyclic) bond motifs is 6. The molecular weight excluding hydrogens is 968 g/mol. The molecule has 8 rings (SSSR count). The van der Waals surface area contributed by atoms with E-state index < -0.39 is 77.7 Å². The average molecular weight is 1040 g/mol. The molecule has 0 aliphatic carbocycles. The standard InChI is InChI=1S/C56H72F3N9O7/c1-10-46(69)66-20-16-56(59,31-66)54(73)64(8)48(33(3)4)51(70)62-44-25-35-23-37(26-38(24-35)50(57)58)36-14-15-45-40(27-36)42(29-55(6,7)32-75-53(72)43-13-12-19-68(63-43)52(44)71)49(67(45)11-2)41-28-39(65-21-17-60-18-22-65)30-61-47(41)34(5)74-9/h10,14-15,23-24,26-28,30,33-34,43-44,48,50,60,63H,1,11-13,16-22,25,29,31-32H2,2-9H3,(H,62,70)/t34-,43-,44-,48?,56+/m0/s1. The van der Waals surface area contributed by atoms with E-state index in [2.05, 4.69) is 45.1 Å². The zero-order chi connectivity index (χ0) is 54.1. The summed E-state index contributed by atoms with van der Waals surface area (Å²) in [4.78, 5) is 79.5. The molecule has 5 atom stereocenters. The third-order valence-electron chi connectivity index (χ3n) is 15.2. The number of pyridine rings is 1. The molecule has 3 saturated heterocycles. The van der Waals surface area contributed by atoms with Gasteiger partial charge in [0.15, 0.2) is 0 Å². The number of hydrogen-bond acceptors (Lipinski definition) is 11. The maximum atomic E-state index is 16.4. The molecule has 6 bridgehead atoms. The van der Waals surface area contributed by atoms with E-state index >= 15 is 13.2 Å². The number of hydrogen-bond donors (Lipinski definition) is 3. The molecule has 3 fully saturated rings. The van der Waals surface area contributed by atoms with E-state index in [9.17, 15) is 24.0 Å². The molecule has 2 aromatic carbocycles. The number of esters is 1. The summed E-state index contributed by atoms with van der Waals surface area (Å²) < 4.78 is 61.1. The first kappa shape index (κ1) is 54.9. The second-order valence-electron chi connectivity index (χ2n) is 21.6. The van der Waals surface area contributed by atoms with Crippen molar-refractivity contribution < 1.29 is 46.6 Å². The number of halogens is 3. The van der Waals surface area contributed by atoms with Gasteiger partial charge in [-0.15, -0.1) is 0 Å². The summed E-state index contributed by atoms with van der Waals surface area (Å²) in [6.07, 6.45) is 0.277. The van der Waals surface area contributed by atoms with E-state index in [1.54, 1.807) is 27.0 Å². The fourth-order valence-corrected chi connectivity index (χ4v) is 11.3. The number of alkyl halides is 3. The van der Waals surface area contributed by atoms with E-state index in [1.807, 2.05) is 45.2 Å². The Kier molecular flexibility index (Phi) is 16.5. The Labute approximate surface area is 437 Å². The molecule has 404 valence electrons. The second kappa shape index (κ2) is 22.5.